The zero-order valence-electron chi connectivity index (χ0n) is 14.9. The minimum absolute atomic E-state index is 0.0463. The summed E-state index contributed by atoms with van der Waals surface area (Å²) in [4.78, 5) is 35.2. The van der Waals surface area contributed by atoms with Crippen LogP contribution in [0.2, 0.25) is 0 Å². The van der Waals surface area contributed by atoms with Crippen molar-refractivity contribution in [2.75, 3.05) is 11.9 Å². The van der Waals surface area contributed by atoms with E-state index in [0.29, 0.717) is 29.3 Å². The number of para-hydroxylation sites is 1. The van der Waals surface area contributed by atoms with Crippen molar-refractivity contribution in [3.8, 4) is 0 Å². The number of nitro groups is 1. The Bertz CT molecular complexity index is 846. The van der Waals surface area contributed by atoms with Crippen LogP contribution < -0.4 is 10.6 Å². The molecule has 7 heteroatoms. The van der Waals surface area contributed by atoms with Gasteiger partial charge in [0.15, 0.2) is 0 Å². The Hall–Kier alpha value is -3.22. The first-order valence-corrected chi connectivity index (χ1v) is 8.23. The van der Waals surface area contributed by atoms with Gasteiger partial charge >= 0.3 is 0 Å². The van der Waals surface area contributed by atoms with Crippen molar-refractivity contribution in [1.82, 2.24) is 5.32 Å². The summed E-state index contributed by atoms with van der Waals surface area (Å²) in [5, 5.41) is 16.4. The van der Waals surface area contributed by atoms with Gasteiger partial charge in [0.1, 0.15) is 0 Å². The number of nitrogens with zero attached hydrogens (tertiary/aromatic N) is 1. The number of nitro benzene ring substituents is 1. The average Bonchev–Trinajstić information content (AvgIpc) is 2.59. The standard InChI is InChI=1S/C19H21N3O4/c1-12(2)11-20-19(24)15-6-4-5-7-16(15)21-18(23)14-8-9-17(22(25)26)13(3)10-14/h4-10,12H,11H2,1-3H3,(H,20,24)(H,21,23). The molecule has 0 fully saturated rings. The van der Waals surface area contributed by atoms with Crippen LogP contribution in [-0.4, -0.2) is 23.3 Å². The molecule has 0 saturated carbocycles. The first-order valence-electron chi connectivity index (χ1n) is 8.23. The van der Waals surface area contributed by atoms with Gasteiger partial charge in [0.25, 0.3) is 17.5 Å². The van der Waals surface area contributed by atoms with Crippen LogP contribution in [0, 0.1) is 23.0 Å². The minimum atomic E-state index is -0.495. The molecule has 2 N–H and O–H groups in total. The van der Waals surface area contributed by atoms with Gasteiger partial charge in [-0.05, 0) is 37.1 Å². The summed E-state index contributed by atoms with van der Waals surface area (Å²) < 4.78 is 0. The third-order valence-electron chi connectivity index (χ3n) is 3.75. The molecule has 2 rings (SSSR count). The fraction of sp³-hybridized carbons (Fsp3) is 0.263. The molecule has 7 nitrogen and oxygen atoms in total. The minimum Gasteiger partial charge on any atom is -0.352 e. The fourth-order valence-corrected chi connectivity index (χ4v) is 2.38. The van der Waals surface area contributed by atoms with Crippen LogP contribution in [0.15, 0.2) is 42.5 Å². The lowest BCUT2D eigenvalue weighted by molar-refractivity contribution is -0.385. The summed E-state index contributed by atoms with van der Waals surface area (Å²) in [5.41, 5.74) is 1.38. The molecule has 136 valence electrons. The van der Waals surface area contributed by atoms with Gasteiger partial charge in [0.05, 0.1) is 16.2 Å². The summed E-state index contributed by atoms with van der Waals surface area (Å²) >= 11 is 0. The monoisotopic (exact) mass is 355 g/mol. The third kappa shape index (κ3) is 4.66. The van der Waals surface area contributed by atoms with E-state index in [1.54, 1.807) is 31.2 Å². The maximum Gasteiger partial charge on any atom is 0.272 e. The van der Waals surface area contributed by atoms with Crippen molar-refractivity contribution in [1.29, 1.82) is 0 Å². The highest BCUT2D eigenvalue weighted by Gasteiger charge is 2.16. The Morgan fingerprint density at radius 3 is 2.42 bits per heavy atom. The quantitative estimate of drug-likeness (QED) is 0.611. The van der Waals surface area contributed by atoms with Crippen molar-refractivity contribution in [3.63, 3.8) is 0 Å². The van der Waals surface area contributed by atoms with E-state index in [1.807, 2.05) is 13.8 Å². The molecule has 2 amide bonds. The van der Waals surface area contributed by atoms with Crippen LogP contribution in [0.5, 0.6) is 0 Å². The molecule has 26 heavy (non-hydrogen) atoms. The maximum atomic E-state index is 12.5. The van der Waals surface area contributed by atoms with Crippen molar-refractivity contribution in [2.24, 2.45) is 5.92 Å². The molecule has 0 saturated heterocycles. The van der Waals surface area contributed by atoms with Crippen LogP contribution >= 0.6 is 0 Å². The number of carbonyl (C=O) groups excluding carboxylic acids is 2. The lowest BCUT2D eigenvalue weighted by atomic mass is 10.1. The molecule has 0 atom stereocenters. The number of aryl methyl sites for hydroxylation is 1. The Morgan fingerprint density at radius 1 is 1.12 bits per heavy atom. The summed E-state index contributed by atoms with van der Waals surface area (Å²) in [6.45, 7) is 6.08. The van der Waals surface area contributed by atoms with Gasteiger partial charge < -0.3 is 10.6 Å². The highest BCUT2D eigenvalue weighted by molar-refractivity contribution is 6.09. The number of carbonyl (C=O) groups is 2. The van der Waals surface area contributed by atoms with Crippen LogP contribution in [-0.2, 0) is 0 Å². The second-order valence-electron chi connectivity index (χ2n) is 6.36. The molecule has 0 aromatic heterocycles. The van der Waals surface area contributed by atoms with Crippen LogP contribution in [0.4, 0.5) is 11.4 Å². The SMILES string of the molecule is Cc1cc(C(=O)Nc2ccccc2C(=O)NCC(C)C)ccc1[N+](=O)[O-]. The molecule has 0 aliphatic heterocycles. The van der Waals surface area contributed by atoms with Crippen molar-refractivity contribution in [2.45, 2.75) is 20.8 Å². The number of hydrogen-bond donors (Lipinski definition) is 2. The predicted molar refractivity (Wildman–Crippen MR) is 99.4 cm³/mol. The number of nitrogens with one attached hydrogen (secondary N) is 2. The van der Waals surface area contributed by atoms with Gasteiger partial charge in [0.2, 0.25) is 0 Å². The molecule has 0 spiro atoms. The van der Waals surface area contributed by atoms with Gasteiger partial charge in [-0.3, -0.25) is 19.7 Å². The average molecular weight is 355 g/mol. The first-order chi connectivity index (χ1) is 12.3. The third-order valence-corrected chi connectivity index (χ3v) is 3.75. The molecule has 0 heterocycles. The fourth-order valence-electron chi connectivity index (χ4n) is 2.38. The molecular formula is C19H21N3O4. The van der Waals surface area contributed by atoms with E-state index in [0.717, 1.165) is 0 Å². The predicted octanol–water partition coefficient (Wildman–Crippen LogP) is 3.54. The van der Waals surface area contributed by atoms with E-state index in [9.17, 15) is 19.7 Å². The van der Waals surface area contributed by atoms with E-state index in [4.69, 9.17) is 0 Å². The zero-order chi connectivity index (χ0) is 19.3. The molecule has 0 aliphatic carbocycles. The van der Waals surface area contributed by atoms with Crippen LogP contribution in [0.1, 0.15) is 40.1 Å². The Morgan fingerprint density at radius 2 is 1.81 bits per heavy atom. The topological polar surface area (TPSA) is 101 Å². The highest BCUT2D eigenvalue weighted by Crippen LogP contribution is 2.21. The maximum absolute atomic E-state index is 12.5. The largest absolute Gasteiger partial charge is 0.352 e. The van der Waals surface area contributed by atoms with Crippen LogP contribution in [0.3, 0.4) is 0 Å². The Kier molecular flexibility index (Phi) is 6.06. The van der Waals surface area contributed by atoms with E-state index in [2.05, 4.69) is 10.6 Å². The highest BCUT2D eigenvalue weighted by atomic mass is 16.6. The lowest BCUT2D eigenvalue weighted by Crippen LogP contribution is -2.28. The number of rotatable bonds is 6. The molecule has 0 unspecified atom stereocenters. The first kappa shape index (κ1) is 19.1. The van der Waals surface area contributed by atoms with E-state index in [1.165, 1.54) is 18.2 Å². The van der Waals surface area contributed by atoms with Gasteiger partial charge in [-0.15, -0.1) is 0 Å². The van der Waals surface area contributed by atoms with Gasteiger partial charge in [-0.25, -0.2) is 0 Å². The number of benzene rings is 2. The number of anilines is 1. The number of amides is 2. The Labute approximate surface area is 151 Å². The van der Waals surface area contributed by atoms with E-state index >= 15 is 0 Å². The van der Waals surface area contributed by atoms with Gasteiger partial charge in [-0.1, -0.05) is 26.0 Å². The molecule has 0 bridgehead atoms. The van der Waals surface area contributed by atoms with E-state index < -0.39 is 10.8 Å². The summed E-state index contributed by atoms with van der Waals surface area (Å²) in [6.07, 6.45) is 0. The molecule has 0 aliphatic rings. The summed E-state index contributed by atoms with van der Waals surface area (Å²) in [6, 6.07) is 10.8. The Balaban J connectivity index is 2.21. The lowest BCUT2D eigenvalue weighted by Gasteiger charge is -2.12. The summed E-state index contributed by atoms with van der Waals surface area (Å²) in [7, 11) is 0. The number of hydrogen-bond acceptors (Lipinski definition) is 4. The molecule has 2 aromatic carbocycles. The zero-order valence-corrected chi connectivity index (χ0v) is 14.9. The molecule has 2 aromatic rings. The van der Waals surface area contributed by atoms with Crippen molar-refractivity contribution in [3.05, 3.63) is 69.3 Å². The van der Waals surface area contributed by atoms with E-state index in [-0.39, 0.29) is 17.2 Å². The molecule has 0 radical (unpaired) electrons. The smallest absolute Gasteiger partial charge is 0.272 e. The second kappa shape index (κ2) is 8.24. The summed E-state index contributed by atoms with van der Waals surface area (Å²) in [5.74, 6) is -0.398. The van der Waals surface area contributed by atoms with Crippen molar-refractivity contribution >= 4 is 23.2 Å². The van der Waals surface area contributed by atoms with Gasteiger partial charge in [-0.2, -0.15) is 0 Å². The van der Waals surface area contributed by atoms with Crippen molar-refractivity contribution < 1.29 is 14.5 Å². The van der Waals surface area contributed by atoms with Crippen LogP contribution in [0.25, 0.3) is 0 Å². The second-order valence-corrected chi connectivity index (χ2v) is 6.36. The molecular weight excluding hydrogens is 334 g/mol. The van der Waals surface area contributed by atoms with Gasteiger partial charge in [0, 0.05) is 23.7 Å². The normalized spacial score (nSPS) is 10.5.